The number of benzene rings is 1. The van der Waals surface area contributed by atoms with Crippen molar-refractivity contribution in [2.24, 2.45) is 0 Å². The van der Waals surface area contributed by atoms with Gasteiger partial charge in [-0.3, -0.25) is 4.79 Å². The fourth-order valence-electron chi connectivity index (χ4n) is 3.39. The van der Waals surface area contributed by atoms with Gasteiger partial charge >= 0.3 is 0 Å². The minimum atomic E-state index is 0.163. The molecule has 0 saturated carbocycles. The van der Waals surface area contributed by atoms with Crippen molar-refractivity contribution < 1.29 is 4.79 Å². The van der Waals surface area contributed by atoms with Gasteiger partial charge in [0.05, 0.1) is 23.5 Å². The highest BCUT2D eigenvalue weighted by Crippen LogP contribution is 2.26. The van der Waals surface area contributed by atoms with Crippen LogP contribution in [0.1, 0.15) is 29.8 Å². The largest absolute Gasteiger partial charge is 0.342 e. The minimum absolute atomic E-state index is 0.163. The number of nitrogens with zero attached hydrogens (tertiary/aromatic N) is 4. The van der Waals surface area contributed by atoms with Crippen molar-refractivity contribution >= 4 is 11.6 Å². The van der Waals surface area contributed by atoms with E-state index in [1.807, 2.05) is 28.5 Å². The molecule has 2 aromatic heterocycles. The van der Waals surface area contributed by atoms with Gasteiger partial charge in [0.1, 0.15) is 0 Å². The van der Waals surface area contributed by atoms with Gasteiger partial charge in [-0.1, -0.05) is 29.8 Å². The van der Waals surface area contributed by atoms with Crippen LogP contribution in [-0.4, -0.2) is 38.5 Å². The molecular weight excluding hydrogens is 312 g/mol. The third kappa shape index (κ3) is 3.02. The molecule has 1 aliphatic heterocycles. The highest BCUT2D eigenvalue weighted by Gasteiger charge is 2.23. The number of likely N-dealkylation sites (tertiary alicyclic amines) is 1. The summed E-state index contributed by atoms with van der Waals surface area (Å²) in [5, 5.41) is 4.60. The van der Waals surface area contributed by atoms with Crippen molar-refractivity contribution in [1.29, 1.82) is 0 Å². The highest BCUT2D eigenvalue weighted by molar-refractivity contribution is 5.81. The second kappa shape index (κ2) is 6.31. The minimum Gasteiger partial charge on any atom is -0.342 e. The number of amides is 1. The van der Waals surface area contributed by atoms with E-state index in [0.717, 1.165) is 54.2 Å². The van der Waals surface area contributed by atoms with Crippen molar-refractivity contribution in [1.82, 2.24) is 19.5 Å². The summed E-state index contributed by atoms with van der Waals surface area (Å²) in [6.45, 7) is 5.75. The van der Waals surface area contributed by atoms with Crippen LogP contribution < -0.4 is 0 Å². The molecule has 4 rings (SSSR count). The molecule has 1 aliphatic rings. The number of aryl methyl sites for hydroxylation is 2. The lowest BCUT2D eigenvalue weighted by Gasteiger charge is -2.15. The zero-order chi connectivity index (χ0) is 17.4. The van der Waals surface area contributed by atoms with E-state index >= 15 is 0 Å². The Balaban J connectivity index is 1.80. The highest BCUT2D eigenvalue weighted by atomic mass is 16.2. The van der Waals surface area contributed by atoms with Crippen molar-refractivity contribution in [2.75, 3.05) is 13.1 Å². The second-order valence-electron chi connectivity index (χ2n) is 6.78. The zero-order valence-electron chi connectivity index (χ0n) is 14.7. The lowest BCUT2D eigenvalue weighted by Crippen LogP contribution is -2.29. The van der Waals surface area contributed by atoms with Crippen molar-refractivity contribution in [3.05, 3.63) is 53.3 Å². The molecule has 1 aromatic carbocycles. The van der Waals surface area contributed by atoms with Crippen molar-refractivity contribution in [2.45, 2.75) is 33.1 Å². The number of imidazole rings is 1. The van der Waals surface area contributed by atoms with Crippen LogP contribution in [-0.2, 0) is 11.2 Å². The molecule has 1 fully saturated rings. The molecule has 0 radical (unpaired) electrons. The second-order valence-corrected chi connectivity index (χ2v) is 6.78. The van der Waals surface area contributed by atoms with Crippen LogP contribution in [0.4, 0.5) is 0 Å². The Hall–Kier alpha value is -2.69. The summed E-state index contributed by atoms with van der Waals surface area (Å²) in [6.07, 6.45) is 2.53. The molecule has 0 unspecified atom stereocenters. The van der Waals surface area contributed by atoms with Gasteiger partial charge in [-0.25, -0.2) is 9.50 Å². The van der Waals surface area contributed by atoms with Gasteiger partial charge in [-0.2, -0.15) is 5.10 Å². The van der Waals surface area contributed by atoms with Crippen LogP contribution in [0.5, 0.6) is 0 Å². The molecule has 128 valence electrons. The first-order valence-corrected chi connectivity index (χ1v) is 8.82. The van der Waals surface area contributed by atoms with Gasteiger partial charge in [0.15, 0.2) is 5.65 Å². The summed E-state index contributed by atoms with van der Waals surface area (Å²) >= 11 is 0. The molecule has 0 N–H and O–H groups in total. The quantitative estimate of drug-likeness (QED) is 0.739. The van der Waals surface area contributed by atoms with Crippen LogP contribution >= 0.6 is 0 Å². The third-order valence-corrected chi connectivity index (χ3v) is 4.81. The van der Waals surface area contributed by atoms with Crippen LogP contribution in [0.25, 0.3) is 16.9 Å². The standard InChI is InChI=1S/C20H22N4O/c1-14-5-8-16(9-6-14)20-17(13-19(25)23-11-3-4-12-23)24-18(21-20)10-7-15(2)22-24/h5-10H,3-4,11-13H2,1-2H3. The summed E-state index contributed by atoms with van der Waals surface area (Å²) in [4.78, 5) is 19.5. The first-order chi connectivity index (χ1) is 12.1. The Morgan fingerprint density at radius 1 is 1.04 bits per heavy atom. The van der Waals surface area contributed by atoms with Crippen LogP contribution in [0.2, 0.25) is 0 Å². The van der Waals surface area contributed by atoms with Crippen LogP contribution in [0.15, 0.2) is 36.4 Å². The fraction of sp³-hybridized carbons (Fsp3) is 0.350. The Morgan fingerprint density at radius 3 is 2.48 bits per heavy atom. The first-order valence-electron chi connectivity index (χ1n) is 8.82. The van der Waals surface area contributed by atoms with Gasteiger partial charge in [0, 0.05) is 18.7 Å². The normalized spacial score (nSPS) is 14.4. The molecule has 0 aliphatic carbocycles. The molecule has 3 heterocycles. The van der Waals surface area contributed by atoms with Crippen LogP contribution in [0.3, 0.4) is 0 Å². The average molecular weight is 334 g/mol. The number of carbonyl (C=O) groups is 1. The maximum Gasteiger partial charge on any atom is 0.228 e. The van der Waals surface area contributed by atoms with E-state index in [4.69, 9.17) is 4.98 Å². The van der Waals surface area contributed by atoms with Gasteiger partial charge < -0.3 is 4.90 Å². The number of carbonyl (C=O) groups excluding carboxylic acids is 1. The van der Waals surface area contributed by atoms with Crippen LogP contribution in [0, 0.1) is 13.8 Å². The predicted octanol–water partition coefficient (Wildman–Crippen LogP) is 3.18. The Morgan fingerprint density at radius 2 is 1.76 bits per heavy atom. The lowest BCUT2D eigenvalue weighted by molar-refractivity contribution is -0.129. The number of rotatable bonds is 3. The first kappa shape index (κ1) is 15.8. The Kier molecular flexibility index (Phi) is 3.99. The molecule has 1 amide bonds. The molecule has 1 saturated heterocycles. The number of hydrogen-bond acceptors (Lipinski definition) is 3. The number of hydrogen-bond donors (Lipinski definition) is 0. The SMILES string of the molecule is Cc1ccc(-c2nc3ccc(C)nn3c2CC(=O)N2CCCC2)cc1. The van der Waals surface area contributed by atoms with E-state index in [0.29, 0.717) is 6.42 Å². The van der Waals surface area contributed by atoms with E-state index in [1.165, 1.54) is 5.56 Å². The molecule has 5 heteroatoms. The molecule has 25 heavy (non-hydrogen) atoms. The van der Waals surface area contributed by atoms with E-state index in [-0.39, 0.29) is 5.91 Å². The molecule has 0 atom stereocenters. The van der Waals surface area contributed by atoms with Crippen molar-refractivity contribution in [3.8, 4) is 11.3 Å². The lowest BCUT2D eigenvalue weighted by atomic mass is 10.1. The smallest absolute Gasteiger partial charge is 0.228 e. The fourth-order valence-corrected chi connectivity index (χ4v) is 3.39. The van der Waals surface area contributed by atoms with E-state index in [9.17, 15) is 4.79 Å². The Labute approximate surface area is 147 Å². The molecule has 0 bridgehead atoms. The third-order valence-electron chi connectivity index (χ3n) is 4.81. The van der Waals surface area contributed by atoms with Gasteiger partial charge in [-0.15, -0.1) is 0 Å². The van der Waals surface area contributed by atoms with E-state index in [1.54, 1.807) is 0 Å². The summed E-state index contributed by atoms with van der Waals surface area (Å²) in [5.74, 6) is 0.163. The monoisotopic (exact) mass is 334 g/mol. The summed E-state index contributed by atoms with van der Waals surface area (Å²) in [5.41, 5.74) is 5.65. The number of fused-ring (bicyclic) bond motifs is 1. The molecule has 3 aromatic rings. The van der Waals surface area contributed by atoms with Gasteiger partial charge in [0.2, 0.25) is 5.91 Å². The van der Waals surface area contributed by atoms with E-state index < -0.39 is 0 Å². The Bertz CT molecular complexity index is 921. The predicted molar refractivity (Wildman–Crippen MR) is 97.4 cm³/mol. The summed E-state index contributed by atoms with van der Waals surface area (Å²) < 4.78 is 1.83. The van der Waals surface area contributed by atoms with Gasteiger partial charge in [0.25, 0.3) is 0 Å². The molecule has 5 nitrogen and oxygen atoms in total. The van der Waals surface area contributed by atoms with Crippen molar-refractivity contribution in [3.63, 3.8) is 0 Å². The molecule has 0 spiro atoms. The maximum absolute atomic E-state index is 12.7. The van der Waals surface area contributed by atoms with E-state index in [2.05, 4.69) is 36.3 Å². The molecular formula is C20H22N4O. The summed E-state index contributed by atoms with van der Waals surface area (Å²) in [7, 11) is 0. The summed E-state index contributed by atoms with van der Waals surface area (Å²) in [6, 6.07) is 12.2. The maximum atomic E-state index is 12.7. The van der Waals surface area contributed by atoms with Gasteiger partial charge in [-0.05, 0) is 38.8 Å². The zero-order valence-corrected chi connectivity index (χ0v) is 14.7. The average Bonchev–Trinajstić information content (AvgIpc) is 3.24. The number of aromatic nitrogens is 3. The topological polar surface area (TPSA) is 50.5 Å².